The summed E-state index contributed by atoms with van der Waals surface area (Å²) in [6, 6.07) is 0. The molecule has 1 atom stereocenters. The van der Waals surface area contributed by atoms with Crippen LogP contribution < -0.4 is 0 Å². The Bertz CT molecular complexity index is 208. The molecule has 0 saturated heterocycles. The Morgan fingerprint density at radius 2 is 1.26 bits per heavy atom. The van der Waals surface area contributed by atoms with Gasteiger partial charge in [-0.3, -0.25) is 4.79 Å². The third-order valence-corrected chi connectivity index (χ3v) is 3.90. The normalized spacial score (nSPS) is 12.9. The minimum atomic E-state index is 0.272. The van der Waals surface area contributed by atoms with Gasteiger partial charge in [-0.25, -0.2) is 0 Å². The van der Waals surface area contributed by atoms with Crippen LogP contribution in [0, 0.1) is 11.8 Å². The predicted octanol–water partition coefficient (Wildman–Crippen LogP) is 6.16. The number of unbranched alkanes of at least 4 members (excludes halogenated alkanes) is 8. The molecule has 0 amide bonds. The lowest BCUT2D eigenvalue weighted by atomic mass is 9.92. The van der Waals surface area contributed by atoms with Gasteiger partial charge in [0.25, 0.3) is 0 Å². The zero-order valence-electron chi connectivity index (χ0n) is 13.8. The summed E-state index contributed by atoms with van der Waals surface area (Å²) in [6.07, 6.45) is 13.8. The maximum Gasteiger partial charge on any atom is 0.135 e. The van der Waals surface area contributed by atoms with Crippen LogP contribution in [0.3, 0.4) is 0 Å². The molecule has 19 heavy (non-hydrogen) atoms. The van der Waals surface area contributed by atoms with E-state index in [2.05, 4.69) is 27.7 Å². The van der Waals surface area contributed by atoms with Gasteiger partial charge in [-0.05, 0) is 18.8 Å². The number of carbonyl (C=O) groups is 1. The summed E-state index contributed by atoms with van der Waals surface area (Å²) >= 11 is 0. The van der Waals surface area contributed by atoms with E-state index in [-0.39, 0.29) is 5.92 Å². The summed E-state index contributed by atoms with van der Waals surface area (Å²) in [5.41, 5.74) is 0. The van der Waals surface area contributed by atoms with E-state index >= 15 is 0 Å². The van der Waals surface area contributed by atoms with Gasteiger partial charge in [0.1, 0.15) is 5.78 Å². The summed E-state index contributed by atoms with van der Waals surface area (Å²) in [5.74, 6) is 1.40. The van der Waals surface area contributed by atoms with Crippen LogP contribution in [0.2, 0.25) is 0 Å². The Morgan fingerprint density at radius 3 is 1.74 bits per heavy atom. The van der Waals surface area contributed by atoms with Gasteiger partial charge in [0.05, 0.1) is 0 Å². The first kappa shape index (κ1) is 18.7. The lowest BCUT2D eigenvalue weighted by Gasteiger charge is -2.12. The van der Waals surface area contributed by atoms with Crippen molar-refractivity contribution in [3.8, 4) is 0 Å². The molecule has 0 saturated carbocycles. The van der Waals surface area contributed by atoms with Crippen molar-refractivity contribution >= 4 is 5.78 Å². The molecule has 0 heterocycles. The molecule has 114 valence electrons. The number of Topliss-reactive ketones (excluding diaryl/α,β-unsaturated/α-hetero) is 1. The van der Waals surface area contributed by atoms with Gasteiger partial charge in [0.2, 0.25) is 0 Å². The van der Waals surface area contributed by atoms with Crippen molar-refractivity contribution < 1.29 is 4.79 Å². The fourth-order valence-corrected chi connectivity index (χ4v) is 2.69. The molecule has 0 aliphatic carbocycles. The van der Waals surface area contributed by atoms with Crippen LogP contribution in [0.25, 0.3) is 0 Å². The molecule has 0 N–H and O–H groups in total. The summed E-state index contributed by atoms with van der Waals surface area (Å²) in [6.45, 7) is 8.75. The molecule has 1 nitrogen and oxygen atoms in total. The quantitative estimate of drug-likeness (QED) is 0.366. The average molecular weight is 268 g/mol. The maximum absolute atomic E-state index is 11.9. The third kappa shape index (κ3) is 12.4. The molecule has 0 aliphatic heterocycles. The fourth-order valence-electron chi connectivity index (χ4n) is 2.69. The lowest BCUT2D eigenvalue weighted by Crippen LogP contribution is -2.12. The zero-order chi connectivity index (χ0) is 14.5. The van der Waals surface area contributed by atoms with Crippen molar-refractivity contribution in [3.05, 3.63) is 0 Å². The largest absolute Gasteiger partial charge is 0.299 e. The highest BCUT2D eigenvalue weighted by Crippen LogP contribution is 2.16. The topological polar surface area (TPSA) is 17.1 Å². The van der Waals surface area contributed by atoms with Gasteiger partial charge in [-0.2, -0.15) is 0 Å². The molecule has 0 aromatic carbocycles. The standard InChI is InChI=1S/C18H36O/c1-5-6-7-8-9-10-11-12-13-14-18(19)17(4)15-16(2)3/h16-17H,5-15H2,1-4H3. The summed E-state index contributed by atoms with van der Waals surface area (Å²) in [4.78, 5) is 11.9. The summed E-state index contributed by atoms with van der Waals surface area (Å²) < 4.78 is 0. The van der Waals surface area contributed by atoms with E-state index in [1.165, 1.54) is 51.4 Å². The van der Waals surface area contributed by atoms with Crippen molar-refractivity contribution in [3.63, 3.8) is 0 Å². The van der Waals surface area contributed by atoms with Gasteiger partial charge in [0.15, 0.2) is 0 Å². The molecule has 0 bridgehead atoms. The number of carbonyl (C=O) groups excluding carboxylic acids is 1. The Balaban J connectivity index is 3.32. The monoisotopic (exact) mass is 268 g/mol. The molecule has 0 fully saturated rings. The van der Waals surface area contributed by atoms with Gasteiger partial charge in [-0.15, -0.1) is 0 Å². The van der Waals surface area contributed by atoms with Crippen LogP contribution in [-0.2, 0) is 4.79 Å². The number of ketones is 1. The Morgan fingerprint density at radius 1 is 0.789 bits per heavy atom. The molecule has 1 heteroatoms. The van der Waals surface area contributed by atoms with Crippen molar-refractivity contribution in [2.75, 3.05) is 0 Å². The number of rotatable bonds is 13. The maximum atomic E-state index is 11.9. The lowest BCUT2D eigenvalue weighted by molar-refractivity contribution is -0.122. The van der Waals surface area contributed by atoms with Crippen LogP contribution in [0.15, 0.2) is 0 Å². The molecule has 0 aliphatic rings. The summed E-state index contributed by atoms with van der Waals surface area (Å²) in [7, 11) is 0. The average Bonchev–Trinajstić information content (AvgIpc) is 2.35. The second-order valence-electron chi connectivity index (χ2n) is 6.58. The van der Waals surface area contributed by atoms with Crippen LogP contribution in [0.5, 0.6) is 0 Å². The van der Waals surface area contributed by atoms with Gasteiger partial charge in [-0.1, -0.05) is 79.1 Å². The molecule has 0 radical (unpaired) electrons. The van der Waals surface area contributed by atoms with Crippen molar-refractivity contribution in [1.82, 2.24) is 0 Å². The van der Waals surface area contributed by atoms with E-state index in [0.717, 1.165) is 19.3 Å². The highest BCUT2D eigenvalue weighted by molar-refractivity contribution is 5.80. The molecule has 0 aromatic heterocycles. The van der Waals surface area contributed by atoms with Crippen molar-refractivity contribution in [1.29, 1.82) is 0 Å². The molecule has 0 aromatic rings. The van der Waals surface area contributed by atoms with Gasteiger partial charge < -0.3 is 0 Å². The molecule has 1 unspecified atom stereocenters. The Hall–Kier alpha value is -0.330. The Kier molecular flexibility index (Phi) is 12.5. The van der Waals surface area contributed by atoms with Crippen LogP contribution >= 0.6 is 0 Å². The zero-order valence-corrected chi connectivity index (χ0v) is 13.8. The van der Waals surface area contributed by atoms with E-state index < -0.39 is 0 Å². The molecular weight excluding hydrogens is 232 g/mol. The first-order valence-corrected chi connectivity index (χ1v) is 8.60. The van der Waals surface area contributed by atoms with E-state index in [0.29, 0.717) is 11.7 Å². The predicted molar refractivity (Wildman–Crippen MR) is 85.5 cm³/mol. The minimum absolute atomic E-state index is 0.272. The van der Waals surface area contributed by atoms with Gasteiger partial charge >= 0.3 is 0 Å². The van der Waals surface area contributed by atoms with E-state index in [9.17, 15) is 4.79 Å². The number of hydrogen-bond acceptors (Lipinski definition) is 1. The van der Waals surface area contributed by atoms with Crippen molar-refractivity contribution in [2.45, 2.75) is 98.3 Å². The third-order valence-electron chi connectivity index (χ3n) is 3.90. The van der Waals surface area contributed by atoms with Gasteiger partial charge in [0, 0.05) is 12.3 Å². The Labute approximate surface area is 121 Å². The highest BCUT2D eigenvalue weighted by Gasteiger charge is 2.13. The van der Waals surface area contributed by atoms with E-state index in [4.69, 9.17) is 0 Å². The first-order chi connectivity index (χ1) is 9.07. The van der Waals surface area contributed by atoms with Crippen LogP contribution in [0.1, 0.15) is 98.3 Å². The fraction of sp³-hybridized carbons (Fsp3) is 0.944. The van der Waals surface area contributed by atoms with E-state index in [1.54, 1.807) is 0 Å². The smallest absolute Gasteiger partial charge is 0.135 e. The molecule has 0 rings (SSSR count). The van der Waals surface area contributed by atoms with Crippen LogP contribution in [-0.4, -0.2) is 5.78 Å². The minimum Gasteiger partial charge on any atom is -0.299 e. The van der Waals surface area contributed by atoms with E-state index in [1.807, 2.05) is 0 Å². The SMILES string of the molecule is CCCCCCCCCCCC(=O)C(C)CC(C)C. The highest BCUT2D eigenvalue weighted by atomic mass is 16.1. The molecular formula is C18H36O. The molecule has 0 spiro atoms. The van der Waals surface area contributed by atoms with Crippen molar-refractivity contribution in [2.24, 2.45) is 11.8 Å². The second kappa shape index (κ2) is 12.7. The first-order valence-electron chi connectivity index (χ1n) is 8.60. The number of hydrogen-bond donors (Lipinski definition) is 0. The summed E-state index contributed by atoms with van der Waals surface area (Å²) in [5, 5.41) is 0. The second-order valence-corrected chi connectivity index (χ2v) is 6.58. The van der Waals surface area contributed by atoms with Crippen LogP contribution in [0.4, 0.5) is 0 Å².